The fourth-order valence-electron chi connectivity index (χ4n) is 1.20. The monoisotopic (exact) mass is 497 g/mol. The molecule has 0 aromatic rings. The number of hydrogen-bond donors (Lipinski definition) is 4. The highest BCUT2D eigenvalue weighted by Crippen LogP contribution is 2.60. The van der Waals surface area contributed by atoms with Crippen LogP contribution < -0.4 is 5.73 Å². The molecule has 0 rings (SSSR count). The number of hydrogen-bond acceptors (Lipinski definition) is 2. The van der Waals surface area contributed by atoms with Crippen LogP contribution in [0.25, 0.3) is 0 Å². The van der Waals surface area contributed by atoms with Crippen LogP contribution in [0, 0.1) is 0 Å². The molecular formula is C8H7F15NO4P. The quantitative estimate of drug-likeness (QED) is 0.255. The molecular weight excluding hydrogens is 490 g/mol. The van der Waals surface area contributed by atoms with Crippen LogP contribution in [0.4, 0.5) is 65.9 Å². The van der Waals surface area contributed by atoms with E-state index in [1.165, 1.54) is 0 Å². The van der Waals surface area contributed by atoms with E-state index in [-0.39, 0.29) is 0 Å². The highest BCUT2D eigenvalue weighted by molar-refractivity contribution is 7.45. The molecule has 0 aromatic heterocycles. The second kappa shape index (κ2) is 7.93. The molecule has 0 fully saturated rings. The summed E-state index contributed by atoms with van der Waals surface area (Å²) in [7, 11) is -4.64. The molecule has 0 saturated heterocycles. The first-order valence-corrected chi connectivity index (χ1v) is 7.43. The Kier molecular flexibility index (Phi) is 8.27. The van der Waals surface area contributed by atoms with E-state index < -0.39 is 56.1 Å². The lowest BCUT2D eigenvalue weighted by Crippen LogP contribution is -2.72. The Morgan fingerprint density at radius 2 is 0.828 bits per heavy atom. The maximum absolute atomic E-state index is 12.9. The van der Waals surface area contributed by atoms with Gasteiger partial charge in [0.05, 0.1) is 0 Å². The summed E-state index contributed by atoms with van der Waals surface area (Å²) in [5.41, 5.74) is 3.14. The van der Waals surface area contributed by atoms with Crippen molar-refractivity contribution in [3.63, 3.8) is 0 Å². The molecule has 0 aliphatic rings. The lowest BCUT2D eigenvalue weighted by molar-refractivity contribution is -0.428. The first-order chi connectivity index (χ1) is 12.0. The highest BCUT2D eigenvalue weighted by atomic mass is 31.2. The van der Waals surface area contributed by atoms with E-state index in [1.54, 1.807) is 0 Å². The predicted octanol–water partition coefficient (Wildman–Crippen LogP) is 3.74. The van der Waals surface area contributed by atoms with E-state index in [9.17, 15) is 65.9 Å². The van der Waals surface area contributed by atoms with Crippen molar-refractivity contribution in [3.8, 4) is 0 Å². The van der Waals surface area contributed by atoms with Crippen molar-refractivity contribution in [3.05, 3.63) is 0 Å². The lowest BCUT2D eigenvalue weighted by Gasteiger charge is -2.40. The van der Waals surface area contributed by atoms with E-state index in [1.807, 2.05) is 0 Å². The van der Waals surface area contributed by atoms with Gasteiger partial charge in [0.2, 0.25) is 0 Å². The van der Waals surface area contributed by atoms with Crippen molar-refractivity contribution in [1.29, 1.82) is 0 Å². The zero-order chi connectivity index (χ0) is 24.7. The molecule has 0 atom stereocenters. The van der Waals surface area contributed by atoms with Crippen molar-refractivity contribution in [2.24, 2.45) is 5.73 Å². The summed E-state index contributed by atoms with van der Waals surface area (Å²) in [5, 5.41) is 0. The van der Waals surface area contributed by atoms with Crippen molar-refractivity contribution >= 4 is 7.82 Å². The summed E-state index contributed by atoms with van der Waals surface area (Å²) < 4.78 is 195. The number of alkyl halides is 15. The summed E-state index contributed by atoms with van der Waals surface area (Å²) in [5.74, 6) is -38.3. The minimum Gasteiger partial charge on any atom is -0.303 e. The Bertz CT molecular complexity index is 598. The lowest BCUT2D eigenvalue weighted by atomic mass is 9.92. The Morgan fingerprint density at radius 1 is 0.586 bits per heavy atom. The predicted molar refractivity (Wildman–Crippen MR) is 58.8 cm³/mol. The Hall–Kier alpha value is -0.980. The van der Waals surface area contributed by atoms with Crippen LogP contribution in [0.2, 0.25) is 0 Å². The molecule has 21 heteroatoms. The van der Waals surface area contributed by atoms with Gasteiger partial charge in [0.25, 0.3) is 0 Å². The van der Waals surface area contributed by atoms with Gasteiger partial charge < -0.3 is 14.7 Å². The summed E-state index contributed by atoms with van der Waals surface area (Å²) in [6, 6.07) is -6.60. The fourth-order valence-corrected chi connectivity index (χ4v) is 1.20. The Balaban J connectivity index is 0. The SMILES string of the molecule is NC(F)(F)C(F)(F)C(F)(F)C(F)(F)C(F)(F)C(F)(F)CC(F)(F)F.O=P(O)(O)O. The van der Waals surface area contributed by atoms with Gasteiger partial charge >= 0.3 is 49.7 Å². The largest absolute Gasteiger partial charge is 0.466 e. The molecule has 5 nitrogen and oxygen atoms in total. The third-order valence-corrected chi connectivity index (χ3v) is 2.48. The molecule has 0 spiro atoms. The average Bonchev–Trinajstić information content (AvgIpc) is 2.31. The van der Waals surface area contributed by atoms with Crippen LogP contribution in [0.3, 0.4) is 0 Å². The van der Waals surface area contributed by atoms with E-state index in [4.69, 9.17) is 19.2 Å². The van der Waals surface area contributed by atoms with Crippen LogP contribution in [0.15, 0.2) is 0 Å². The van der Waals surface area contributed by atoms with Gasteiger partial charge in [-0.2, -0.15) is 65.9 Å². The third-order valence-electron chi connectivity index (χ3n) is 2.48. The van der Waals surface area contributed by atoms with Crippen molar-refractivity contribution < 1.29 is 85.1 Å². The smallest absolute Gasteiger partial charge is 0.303 e. The zero-order valence-corrected chi connectivity index (χ0v) is 13.5. The molecule has 0 bridgehead atoms. The standard InChI is InChI=1S/C8H4F15N.H3O4P/c9-2(10,1-3(11,12)13)4(14,15)5(16,17)6(18,19)7(20,21)8(22,23)24;1-5(2,3)4/h1,24H2;(H3,1,2,3,4). The van der Waals surface area contributed by atoms with Gasteiger partial charge in [-0.3, -0.25) is 5.73 Å². The topological polar surface area (TPSA) is 104 Å². The van der Waals surface area contributed by atoms with Gasteiger partial charge in [0, 0.05) is 0 Å². The summed E-state index contributed by atoms with van der Waals surface area (Å²) in [6.07, 6.45) is -10.4. The summed E-state index contributed by atoms with van der Waals surface area (Å²) in [6.45, 7) is 0. The highest BCUT2D eigenvalue weighted by Gasteiger charge is 2.90. The minimum absolute atomic E-state index is 3.14. The van der Waals surface area contributed by atoms with Gasteiger partial charge in [0.15, 0.2) is 0 Å². The molecule has 0 saturated carbocycles. The molecule has 0 amide bonds. The fraction of sp³-hybridized carbons (Fsp3) is 1.00. The first kappa shape index (κ1) is 30.2. The molecule has 5 N–H and O–H groups in total. The number of phosphoric acid groups is 1. The van der Waals surface area contributed by atoms with E-state index in [2.05, 4.69) is 5.73 Å². The summed E-state index contributed by atoms with van der Waals surface area (Å²) in [4.78, 5) is 21.6. The molecule has 0 unspecified atom stereocenters. The van der Waals surface area contributed by atoms with Crippen LogP contribution in [0.1, 0.15) is 6.42 Å². The second-order valence-corrected chi connectivity index (χ2v) is 5.96. The number of nitrogens with two attached hydrogens (primary N) is 1. The van der Waals surface area contributed by atoms with Gasteiger partial charge in [-0.1, -0.05) is 0 Å². The molecule has 0 radical (unpaired) electrons. The Labute approximate surface area is 148 Å². The van der Waals surface area contributed by atoms with Gasteiger partial charge in [-0.15, -0.1) is 0 Å². The molecule has 0 aliphatic heterocycles. The summed E-state index contributed by atoms with van der Waals surface area (Å²) >= 11 is 0. The number of rotatable bonds is 6. The van der Waals surface area contributed by atoms with Crippen LogP contribution in [-0.4, -0.2) is 56.5 Å². The minimum atomic E-state index is -8.04. The first-order valence-electron chi connectivity index (χ1n) is 5.86. The molecule has 0 aliphatic carbocycles. The van der Waals surface area contributed by atoms with Gasteiger partial charge in [-0.25, -0.2) is 4.57 Å². The molecule has 0 aromatic carbocycles. The number of halogens is 15. The zero-order valence-electron chi connectivity index (χ0n) is 12.7. The second-order valence-electron chi connectivity index (χ2n) is 4.93. The van der Waals surface area contributed by atoms with Crippen molar-refractivity contribution in [1.82, 2.24) is 0 Å². The maximum atomic E-state index is 12.9. The molecule has 29 heavy (non-hydrogen) atoms. The maximum Gasteiger partial charge on any atom is 0.466 e. The third kappa shape index (κ3) is 6.76. The Morgan fingerprint density at radius 3 is 1.03 bits per heavy atom. The molecule has 0 heterocycles. The van der Waals surface area contributed by atoms with Crippen LogP contribution in [0.5, 0.6) is 0 Å². The molecule has 178 valence electrons. The van der Waals surface area contributed by atoms with Crippen LogP contribution in [-0.2, 0) is 4.57 Å². The van der Waals surface area contributed by atoms with E-state index in [0.717, 1.165) is 0 Å². The normalized spacial score (nSPS) is 15.7. The van der Waals surface area contributed by atoms with E-state index in [0.29, 0.717) is 0 Å². The van der Waals surface area contributed by atoms with Crippen LogP contribution >= 0.6 is 7.82 Å². The van der Waals surface area contributed by atoms with Crippen molar-refractivity contribution in [2.45, 2.75) is 48.3 Å². The average molecular weight is 497 g/mol. The van der Waals surface area contributed by atoms with Crippen molar-refractivity contribution in [2.75, 3.05) is 0 Å². The van der Waals surface area contributed by atoms with Gasteiger partial charge in [0.1, 0.15) is 6.42 Å². The van der Waals surface area contributed by atoms with Gasteiger partial charge in [-0.05, 0) is 0 Å². The van der Waals surface area contributed by atoms with E-state index >= 15 is 0 Å².